The zero-order valence-electron chi connectivity index (χ0n) is 6.58. The maximum absolute atomic E-state index is 10.6. The van der Waals surface area contributed by atoms with Crippen molar-refractivity contribution in [2.24, 2.45) is 0 Å². The van der Waals surface area contributed by atoms with Crippen molar-refractivity contribution in [2.75, 3.05) is 0 Å². The third kappa shape index (κ3) is 2.61. The number of aliphatic hydroxyl groups is 2. The van der Waals surface area contributed by atoms with Crippen molar-refractivity contribution in [3.8, 4) is 0 Å². The Morgan fingerprint density at radius 3 is 1.07 bits per heavy atom. The lowest BCUT2D eigenvalue weighted by atomic mass is 10.1. The number of carboxylic acids is 2. The lowest BCUT2D eigenvalue weighted by molar-refractivity contribution is -0.162. The van der Waals surface area contributed by atoms with Crippen molar-refractivity contribution in [3.05, 3.63) is 0 Å². The molecule has 0 rings (SSSR count). The van der Waals surface area contributed by atoms with E-state index < -0.39 is 35.7 Å². The van der Waals surface area contributed by atoms with E-state index in [2.05, 4.69) is 0 Å². The summed E-state index contributed by atoms with van der Waals surface area (Å²) in [5, 5.41) is 33.2. The Kier molecular flexibility index (Phi) is 3.87. The number of rotatable bonds is 5. The second-order valence-corrected chi connectivity index (χ2v) is 2.21. The third-order valence-electron chi connectivity index (χ3n) is 1.21. The number of hydrogen-bond acceptors (Lipinski definition) is 6. The van der Waals surface area contributed by atoms with E-state index >= 15 is 0 Å². The van der Waals surface area contributed by atoms with Crippen LogP contribution in [-0.4, -0.2) is 56.1 Å². The molecule has 0 aliphatic carbocycles. The van der Waals surface area contributed by atoms with Gasteiger partial charge in [0.05, 0.1) is 0 Å². The smallest absolute Gasteiger partial charge is 0.340 e. The van der Waals surface area contributed by atoms with E-state index in [0.29, 0.717) is 0 Å². The summed E-state index contributed by atoms with van der Waals surface area (Å²) in [6.45, 7) is 0. The van der Waals surface area contributed by atoms with Crippen molar-refractivity contribution in [3.63, 3.8) is 0 Å². The quantitative estimate of drug-likeness (QED) is 0.275. The molecule has 0 saturated heterocycles. The van der Waals surface area contributed by atoms with Crippen LogP contribution in [0.4, 0.5) is 0 Å². The van der Waals surface area contributed by atoms with Crippen LogP contribution in [0, 0.1) is 0 Å². The van der Waals surface area contributed by atoms with Gasteiger partial charge in [0.2, 0.25) is 23.8 Å². The Morgan fingerprint density at radius 2 is 0.929 bits per heavy atom. The molecular formula is C6H6O8. The number of carbonyl (C=O) groups is 4. The average molecular weight is 206 g/mol. The molecule has 0 bridgehead atoms. The highest BCUT2D eigenvalue weighted by molar-refractivity contribution is 6.46. The molecule has 4 N–H and O–H groups in total. The molecule has 2 atom stereocenters. The summed E-state index contributed by atoms with van der Waals surface area (Å²) in [5.74, 6) is -7.76. The van der Waals surface area contributed by atoms with E-state index in [1.54, 1.807) is 0 Å². The van der Waals surface area contributed by atoms with E-state index in [4.69, 9.17) is 20.4 Å². The molecule has 8 nitrogen and oxygen atoms in total. The molecule has 0 aromatic rings. The number of carboxylic acid groups (broad SMARTS) is 2. The molecular weight excluding hydrogens is 200 g/mol. The van der Waals surface area contributed by atoms with Gasteiger partial charge in [0.25, 0.3) is 0 Å². The Hall–Kier alpha value is -1.80. The number of carbonyl (C=O) groups excluding carboxylic acids is 2. The molecule has 0 aliphatic heterocycles. The Balaban J connectivity index is 4.64. The van der Waals surface area contributed by atoms with Crippen LogP contribution in [-0.2, 0) is 19.2 Å². The molecule has 0 fully saturated rings. The van der Waals surface area contributed by atoms with Gasteiger partial charge in [-0.2, -0.15) is 0 Å². The van der Waals surface area contributed by atoms with Crippen molar-refractivity contribution in [2.45, 2.75) is 12.2 Å². The van der Waals surface area contributed by atoms with E-state index in [9.17, 15) is 19.2 Å². The normalized spacial score (nSPS) is 14.1. The summed E-state index contributed by atoms with van der Waals surface area (Å²) >= 11 is 0. The monoisotopic (exact) mass is 206 g/mol. The van der Waals surface area contributed by atoms with Gasteiger partial charge in [0.1, 0.15) is 0 Å². The van der Waals surface area contributed by atoms with Crippen LogP contribution < -0.4 is 0 Å². The molecule has 0 aromatic carbocycles. The van der Waals surface area contributed by atoms with Crippen LogP contribution in [0.3, 0.4) is 0 Å². The van der Waals surface area contributed by atoms with Gasteiger partial charge in [-0.1, -0.05) is 0 Å². The maximum atomic E-state index is 10.6. The maximum Gasteiger partial charge on any atom is 0.340 e. The van der Waals surface area contributed by atoms with E-state index in [1.165, 1.54) is 0 Å². The SMILES string of the molecule is O=C(O)C(O)C(=O)C(=O)C(O)C(=O)O. The summed E-state index contributed by atoms with van der Waals surface area (Å²) < 4.78 is 0. The highest BCUT2D eigenvalue weighted by Crippen LogP contribution is 1.94. The topological polar surface area (TPSA) is 149 Å². The van der Waals surface area contributed by atoms with Crippen LogP contribution in [0.1, 0.15) is 0 Å². The van der Waals surface area contributed by atoms with Crippen molar-refractivity contribution in [1.82, 2.24) is 0 Å². The Bertz CT molecular complexity index is 262. The number of aliphatic hydroxyl groups excluding tert-OH is 2. The van der Waals surface area contributed by atoms with Gasteiger partial charge in [-0.05, 0) is 0 Å². The average Bonchev–Trinajstić information content (AvgIpc) is 2.12. The second-order valence-electron chi connectivity index (χ2n) is 2.21. The van der Waals surface area contributed by atoms with Gasteiger partial charge in [-0.3, -0.25) is 9.59 Å². The molecule has 0 heterocycles. The molecule has 0 aromatic heterocycles. The molecule has 2 unspecified atom stereocenters. The number of Topliss-reactive ketones (excluding diaryl/α,β-unsaturated/α-hetero) is 2. The van der Waals surface area contributed by atoms with Gasteiger partial charge in [-0.15, -0.1) is 0 Å². The fraction of sp³-hybridized carbons (Fsp3) is 0.333. The molecule has 0 amide bonds. The third-order valence-corrected chi connectivity index (χ3v) is 1.21. The molecule has 8 heteroatoms. The number of hydrogen-bond donors (Lipinski definition) is 4. The first-order chi connectivity index (χ1) is 6.29. The van der Waals surface area contributed by atoms with Crippen LogP contribution in [0.25, 0.3) is 0 Å². The highest BCUT2D eigenvalue weighted by atomic mass is 16.4. The minimum absolute atomic E-state index is 1.88. The van der Waals surface area contributed by atoms with Crippen molar-refractivity contribution in [1.29, 1.82) is 0 Å². The zero-order valence-corrected chi connectivity index (χ0v) is 6.58. The van der Waals surface area contributed by atoms with Gasteiger partial charge < -0.3 is 20.4 Å². The van der Waals surface area contributed by atoms with E-state index in [0.717, 1.165) is 0 Å². The van der Waals surface area contributed by atoms with Crippen LogP contribution >= 0.6 is 0 Å². The zero-order chi connectivity index (χ0) is 11.5. The summed E-state index contributed by atoms with van der Waals surface area (Å²) in [6, 6.07) is 0. The Morgan fingerprint density at radius 1 is 0.714 bits per heavy atom. The largest absolute Gasteiger partial charge is 0.479 e. The van der Waals surface area contributed by atoms with Crippen molar-refractivity contribution < 1.29 is 39.6 Å². The first-order valence-electron chi connectivity index (χ1n) is 3.18. The first kappa shape index (κ1) is 12.2. The van der Waals surface area contributed by atoms with Gasteiger partial charge in [-0.25, -0.2) is 9.59 Å². The first-order valence-corrected chi connectivity index (χ1v) is 3.18. The van der Waals surface area contributed by atoms with Gasteiger partial charge in [0, 0.05) is 0 Å². The predicted molar refractivity (Wildman–Crippen MR) is 37.3 cm³/mol. The fourth-order valence-electron chi connectivity index (χ4n) is 0.494. The lowest BCUT2D eigenvalue weighted by Gasteiger charge is -2.05. The summed E-state index contributed by atoms with van der Waals surface area (Å²) in [5.41, 5.74) is 0. The Labute approximate surface area is 76.4 Å². The highest BCUT2D eigenvalue weighted by Gasteiger charge is 2.36. The van der Waals surface area contributed by atoms with E-state index in [1.807, 2.05) is 0 Å². The fourth-order valence-corrected chi connectivity index (χ4v) is 0.494. The minimum Gasteiger partial charge on any atom is -0.479 e. The minimum atomic E-state index is -2.66. The molecule has 0 spiro atoms. The number of ketones is 2. The van der Waals surface area contributed by atoms with Crippen LogP contribution in [0.5, 0.6) is 0 Å². The lowest BCUT2D eigenvalue weighted by Crippen LogP contribution is -2.43. The molecule has 14 heavy (non-hydrogen) atoms. The van der Waals surface area contributed by atoms with Crippen LogP contribution in [0.2, 0.25) is 0 Å². The van der Waals surface area contributed by atoms with Crippen LogP contribution in [0.15, 0.2) is 0 Å². The van der Waals surface area contributed by atoms with Gasteiger partial charge >= 0.3 is 11.9 Å². The predicted octanol–water partition coefficient (Wildman–Crippen LogP) is -2.98. The summed E-state index contributed by atoms with van der Waals surface area (Å²) in [4.78, 5) is 41.2. The molecule has 0 aliphatic rings. The molecule has 0 radical (unpaired) electrons. The summed E-state index contributed by atoms with van der Waals surface area (Å²) in [7, 11) is 0. The standard InChI is InChI=1S/C6H6O8/c7-1(3(9)5(11)12)2(8)4(10)6(13)14/h3-4,9-10H,(H,11,12)(H,13,14). The van der Waals surface area contributed by atoms with Gasteiger partial charge in [0.15, 0.2) is 0 Å². The molecule has 0 saturated carbocycles. The number of aliphatic carboxylic acids is 2. The second kappa shape index (κ2) is 4.44. The van der Waals surface area contributed by atoms with Crippen molar-refractivity contribution >= 4 is 23.5 Å². The molecule has 78 valence electrons. The van der Waals surface area contributed by atoms with E-state index in [-0.39, 0.29) is 0 Å². The summed E-state index contributed by atoms with van der Waals surface area (Å²) in [6.07, 6.45) is -5.31.